The van der Waals surface area contributed by atoms with Gasteiger partial charge in [-0.2, -0.15) is 0 Å². The number of furan rings is 1. The topological polar surface area (TPSA) is 67.4 Å². The number of thioether (sulfide) groups is 1. The molecule has 0 spiro atoms. The van der Waals surface area contributed by atoms with Crippen LogP contribution in [0.2, 0.25) is 5.02 Å². The second-order valence-corrected chi connectivity index (χ2v) is 8.97. The van der Waals surface area contributed by atoms with Crippen LogP contribution in [0.4, 0.5) is 5.69 Å². The van der Waals surface area contributed by atoms with Gasteiger partial charge in [-0.3, -0.25) is 9.36 Å². The highest BCUT2D eigenvalue weighted by atomic mass is 35.5. The maximum absolute atomic E-state index is 12.9. The van der Waals surface area contributed by atoms with Gasteiger partial charge in [0, 0.05) is 42.6 Å². The summed E-state index contributed by atoms with van der Waals surface area (Å²) >= 11 is 7.45. The molecule has 0 radical (unpaired) electrons. The number of hydrogen-bond acceptors (Lipinski definition) is 6. The number of carbonyl (C=O) groups is 1. The van der Waals surface area contributed by atoms with Gasteiger partial charge in [0.25, 0.3) is 0 Å². The number of piperazine rings is 1. The molecule has 0 aliphatic carbocycles. The Balaban J connectivity index is 1.28. The van der Waals surface area contributed by atoms with E-state index >= 15 is 0 Å². The van der Waals surface area contributed by atoms with Crippen LogP contribution < -0.4 is 4.90 Å². The lowest BCUT2D eigenvalue weighted by Crippen LogP contribution is -2.49. The number of rotatable bonds is 6. The van der Waals surface area contributed by atoms with E-state index in [1.54, 1.807) is 6.26 Å². The zero-order valence-corrected chi connectivity index (χ0v) is 19.4. The van der Waals surface area contributed by atoms with Gasteiger partial charge in [-0.15, -0.1) is 10.2 Å². The summed E-state index contributed by atoms with van der Waals surface area (Å²) in [4.78, 5) is 17.2. The van der Waals surface area contributed by atoms with Crippen molar-refractivity contribution in [1.29, 1.82) is 0 Å². The molecule has 0 saturated carbocycles. The second kappa shape index (κ2) is 9.72. The zero-order valence-electron chi connectivity index (χ0n) is 17.8. The van der Waals surface area contributed by atoms with E-state index in [4.69, 9.17) is 16.0 Å². The normalized spacial score (nSPS) is 14.0. The molecule has 0 bridgehead atoms. The van der Waals surface area contributed by atoms with Crippen molar-refractivity contribution in [3.05, 3.63) is 78.0 Å². The SMILES string of the molecule is O=C(CSc1nnc(-c2ccco2)n1-c1ccc(Cl)cc1)N1CCN(c2ccccc2)CC1. The number of para-hydroxylation sites is 1. The van der Waals surface area contributed by atoms with Crippen molar-refractivity contribution in [2.75, 3.05) is 36.8 Å². The summed E-state index contributed by atoms with van der Waals surface area (Å²) in [7, 11) is 0. The first-order valence-electron chi connectivity index (χ1n) is 10.6. The monoisotopic (exact) mass is 479 g/mol. The van der Waals surface area contributed by atoms with E-state index in [-0.39, 0.29) is 11.7 Å². The fraction of sp³-hybridized carbons (Fsp3) is 0.208. The standard InChI is InChI=1S/C24H22ClN5O2S/c25-18-8-10-20(11-9-18)30-23(21-7-4-16-32-21)26-27-24(30)33-17-22(31)29-14-12-28(13-15-29)19-5-2-1-3-6-19/h1-11,16H,12-15,17H2. The molecule has 0 atom stereocenters. The van der Waals surface area contributed by atoms with E-state index < -0.39 is 0 Å². The number of aromatic nitrogens is 3. The average Bonchev–Trinajstić information content (AvgIpc) is 3.54. The molecule has 168 valence electrons. The number of amides is 1. The predicted octanol–water partition coefficient (Wildman–Crippen LogP) is 4.62. The van der Waals surface area contributed by atoms with Gasteiger partial charge in [-0.25, -0.2) is 0 Å². The minimum absolute atomic E-state index is 0.0953. The molecule has 1 aliphatic heterocycles. The second-order valence-electron chi connectivity index (χ2n) is 7.59. The Bertz CT molecular complexity index is 1200. The number of benzene rings is 2. The Labute approximate surface area is 201 Å². The summed E-state index contributed by atoms with van der Waals surface area (Å²) in [6, 6.07) is 21.4. The maximum atomic E-state index is 12.9. The number of hydrogen-bond donors (Lipinski definition) is 0. The largest absolute Gasteiger partial charge is 0.461 e. The van der Waals surface area contributed by atoms with Crippen LogP contribution >= 0.6 is 23.4 Å². The number of nitrogens with zero attached hydrogens (tertiary/aromatic N) is 5. The Kier molecular flexibility index (Phi) is 6.37. The Morgan fingerprint density at radius 1 is 0.909 bits per heavy atom. The summed E-state index contributed by atoms with van der Waals surface area (Å²) in [6.07, 6.45) is 1.60. The van der Waals surface area contributed by atoms with Crippen molar-refractivity contribution in [3.63, 3.8) is 0 Å². The molecule has 0 N–H and O–H groups in total. The minimum Gasteiger partial charge on any atom is -0.461 e. The Hall–Kier alpha value is -3.23. The molecule has 5 rings (SSSR count). The fourth-order valence-corrected chi connectivity index (χ4v) is 4.80. The Morgan fingerprint density at radius 2 is 1.67 bits per heavy atom. The van der Waals surface area contributed by atoms with Crippen LogP contribution in [-0.2, 0) is 4.79 Å². The highest BCUT2D eigenvalue weighted by Gasteiger charge is 2.23. The highest BCUT2D eigenvalue weighted by Crippen LogP contribution is 2.29. The van der Waals surface area contributed by atoms with Gasteiger partial charge in [0.2, 0.25) is 11.7 Å². The van der Waals surface area contributed by atoms with Crippen LogP contribution in [0, 0.1) is 0 Å². The molecule has 3 heterocycles. The van der Waals surface area contributed by atoms with Gasteiger partial charge in [-0.1, -0.05) is 41.6 Å². The molecular weight excluding hydrogens is 458 g/mol. The summed E-state index contributed by atoms with van der Waals surface area (Å²) in [5.41, 5.74) is 2.04. The maximum Gasteiger partial charge on any atom is 0.233 e. The quantitative estimate of drug-likeness (QED) is 0.376. The van der Waals surface area contributed by atoms with Gasteiger partial charge in [-0.05, 0) is 48.5 Å². The van der Waals surface area contributed by atoms with Gasteiger partial charge >= 0.3 is 0 Å². The number of carbonyl (C=O) groups excluding carboxylic acids is 1. The van der Waals surface area contributed by atoms with Crippen molar-refractivity contribution >= 4 is 35.0 Å². The molecule has 9 heteroatoms. The molecule has 7 nitrogen and oxygen atoms in total. The Morgan fingerprint density at radius 3 is 2.36 bits per heavy atom. The average molecular weight is 480 g/mol. The lowest BCUT2D eigenvalue weighted by atomic mass is 10.2. The van der Waals surface area contributed by atoms with Crippen LogP contribution in [0.25, 0.3) is 17.3 Å². The van der Waals surface area contributed by atoms with Crippen molar-refractivity contribution in [2.24, 2.45) is 0 Å². The van der Waals surface area contributed by atoms with Crippen molar-refractivity contribution in [3.8, 4) is 17.3 Å². The first-order valence-corrected chi connectivity index (χ1v) is 12.0. The first kappa shape index (κ1) is 21.6. The van der Waals surface area contributed by atoms with E-state index in [0.717, 1.165) is 18.8 Å². The van der Waals surface area contributed by atoms with Crippen molar-refractivity contribution in [2.45, 2.75) is 5.16 Å². The molecule has 4 aromatic rings. The van der Waals surface area contributed by atoms with E-state index in [9.17, 15) is 4.79 Å². The highest BCUT2D eigenvalue weighted by molar-refractivity contribution is 7.99. The smallest absolute Gasteiger partial charge is 0.233 e. The first-order chi connectivity index (χ1) is 16.2. The molecular formula is C24H22ClN5O2S. The fourth-order valence-electron chi connectivity index (χ4n) is 3.82. The molecule has 1 saturated heterocycles. The minimum atomic E-state index is 0.0953. The summed E-state index contributed by atoms with van der Waals surface area (Å²) < 4.78 is 7.44. The van der Waals surface area contributed by atoms with Gasteiger partial charge < -0.3 is 14.2 Å². The lowest BCUT2D eigenvalue weighted by Gasteiger charge is -2.36. The van der Waals surface area contributed by atoms with Crippen LogP contribution in [0.3, 0.4) is 0 Å². The lowest BCUT2D eigenvalue weighted by molar-refractivity contribution is -0.128. The van der Waals surface area contributed by atoms with Crippen molar-refractivity contribution < 1.29 is 9.21 Å². The molecule has 0 unspecified atom stereocenters. The van der Waals surface area contributed by atoms with Gasteiger partial charge in [0.1, 0.15) is 0 Å². The van der Waals surface area contributed by atoms with Crippen LogP contribution in [0.15, 0.2) is 82.6 Å². The third-order valence-electron chi connectivity index (χ3n) is 5.54. The number of halogens is 1. The summed E-state index contributed by atoms with van der Waals surface area (Å²) in [5, 5.41) is 9.94. The van der Waals surface area contributed by atoms with Crippen molar-refractivity contribution in [1.82, 2.24) is 19.7 Å². The molecule has 1 aliphatic rings. The van der Waals surface area contributed by atoms with Gasteiger partial charge in [0.05, 0.1) is 12.0 Å². The van der Waals surface area contributed by atoms with E-state index in [1.807, 2.05) is 64.1 Å². The van der Waals surface area contributed by atoms with E-state index in [1.165, 1.54) is 17.4 Å². The summed E-state index contributed by atoms with van der Waals surface area (Å²) in [5.74, 6) is 1.56. The molecule has 1 fully saturated rings. The van der Waals surface area contributed by atoms with Crippen LogP contribution in [0.5, 0.6) is 0 Å². The zero-order chi connectivity index (χ0) is 22.6. The summed E-state index contributed by atoms with van der Waals surface area (Å²) in [6.45, 7) is 3.06. The number of anilines is 1. The molecule has 1 amide bonds. The molecule has 33 heavy (non-hydrogen) atoms. The third-order valence-corrected chi connectivity index (χ3v) is 6.70. The van der Waals surface area contributed by atoms with Gasteiger partial charge in [0.15, 0.2) is 10.9 Å². The predicted molar refractivity (Wildman–Crippen MR) is 130 cm³/mol. The molecule has 2 aromatic heterocycles. The van der Waals surface area contributed by atoms with E-state index in [0.29, 0.717) is 34.9 Å². The van der Waals surface area contributed by atoms with E-state index in [2.05, 4.69) is 27.2 Å². The van der Waals surface area contributed by atoms with Crippen LogP contribution in [0.1, 0.15) is 0 Å². The third kappa shape index (κ3) is 4.77. The molecule has 2 aromatic carbocycles. The van der Waals surface area contributed by atoms with Crippen LogP contribution in [-0.4, -0.2) is 57.5 Å².